The zero-order valence-electron chi connectivity index (χ0n) is 52.7. The van der Waals surface area contributed by atoms with Crippen molar-refractivity contribution in [3.63, 3.8) is 0 Å². The van der Waals surface area contributed by atoms with E-state index in [1.165, 1.54) is 59.3 Å². The Morgan fingerprint density at radius 2 is 0.813 bits per heavy atom. The lowest BCUT2D eigenvalue weighted by Crippen LogP contribution is -2.37. The lowest BCUT2D eigenvalue weighted by atomic mass is 10.1. The van der Waals surface area contributed by atoms with E-state index >= 15 is 0 Å². The average Bonchev–Trinajstić information content (AvgIpc) is 1.91. The molecule has 2 aliphatic heterocycles. The molecular weight excluding hydrogens is 1130 g/mol. The summed E-state index contributed by atoms with van der Waals surface area (Å²) < 4.78 is 5.43. The van der Waals surface area contributed by atoms with Crippen molar-refractivity contribution in [2.24, 2.45) is 0 Å². The molecule has 14 rings (SSSR count). The van der Waals surface area contributed by atoms with Gasteiger partial charge in [0.15, 0.2) is 0 Å². The molecule has 19 nitrogen and oxygen atoms in total. The van der Waals surface area contributed by atoms with Crippen LogP contribution in [0.1, 0.15) is 60.1 Å². The number of fused-ring (bicyclic) bond motifs is 3. The number of aromatic amines is 3. The number of H-pyrrole nitrogens is 3. The molecule has 0 saturated carbocycles. The zero-order valence-corrected chi connectivity index (χ0v) is 52.7. The predicted octanol–water partition coefficient (Wildman–Crippen LogP) is 13.6. The van der Waals surface area contributed by atoms with Gasteiger partial charge in [-0.1, -0.05) is 50.2 Å². The van der Waals surface area contributed by atoms with Gasteiger partial charge in [0.05, 0.1) is 30.3 Å². The van der Waals surface area contributed by atoms with Crippen LogP contribution in [0.15, 0.2) is 165 Å². The molecule has 0 atom stereocenters. The van der Waals surface area contributed by atoms with Crippen LogP contribution in [0.5, 0.6) is 0 Å². The van der Waals surface area contributed by atoms with Crippen molar-refractivity contribution < 1.29 is 4.74 Å². The standard InChI is InChI=1S/C24H26N6O.C24H26N6.C24H28N6/c1-17-15-18(7-10-30-11-13-31-14-12-30)4-5-21(17)28-24-26-9-6-22(29-24)20-16-27-23-19(20)3-2-8-25-23;1-17-15-18(9-14-30-12-2-3-13-30)6-7-21(17)28-24-26-11-8-22(29-24)20-16-27-23-19(20)5-4-10-25-23;1-4-30(5-2)14-11-18-8-9-21(17(3)15-18)28-24-26-13-10-22(29-24)20-16-27-23-19(20)7-6-12-25-23/h2-6,8-9,15-16H,7,10-14H2,1H3,(H,25,27)(H,26,28,29);4-8,10-11,15-16H,2-3,9,12-14H2,1H3,(H,25,27)(H,26,28,29);6-10,12-13,15-16H,4-5,11,14H2,1-3H3,(H,25,27)(H,26,28,29). The Kier molecular flexibility index (Phi) is 20.0. The van der Waals surface area contributed by atoms with Gasteiger partial charge in [-0.3, -0.25) is 4.90 Å². The van der Waals surface area contributed by atoms with E-state index in [-0.39, 0.29) is 0 Å². The van der Waals surface area contributed by atoms with Gasteiger partial charge in [0, 0.05) is 138 Å². The minimum Gasteiger partial charge on any atom is -0.379 e. The molecule has 19 heteroatoms. The third-order valence-corrected chi connectivity index (χ3v) is 17.1. The lowest BCUT2D eigenvalue weighted by Gasteiger charge is -2.26. The topological polar surface area (TPSA) is 218 Å². The molecule has 9 aromatic heterocycles. The first-order chi connectivity index (χ1) is 44.7. The lowest BCUT2D eigenvalue weighted by molar-refractivity contribution is 0.0384. The Morgan fingerprint density at radius 3 is 1.19 bits per heavy atom. The molecule has 0 spiro atoms. The van der Waals surface area contributed by atoms with E-state index in [0.29, 0.717) is 17.8 Å². The second-order valence-corrected chi connectivity index (χ2v) is 23.2. The Balaban J connectivity index is 0.000000132. The Hall–Kier alpha value is -9.79. The van der Waals surface area contributed by atoms with Gasteiger partial charge < -0.3 is 45.4 Å². The summed E-state index contributed by atoms with van der Waals surface area (Å²) >= 11 is 0. The van der Waals surface area contributed by atoms with Crippen LogP contribution in [0.25, 0.3) is 66.9 Å². The van der Waals surface area contributed by atoms with Crippen molar-refractivity contribution in [2.45, 2.75) is 66.7 Å². The molecule has 0 bridgehead atoms. The summed E-state index contributed by atoms with van der Waals surface area (Å²) in [5, 5.41) is 13.3. The Labute approximate surface area is 531 Å². The van der Waals surface area contributed by atoms with Crippen LogP contribution in [0.4, 0.5) is 34.9 Å². The first kappa shape index (κ1) is 61.4. The minimum absolute atomic E-state index is 0.583. The van der Waals surface area contributed by atoms with Gasteiger partial charge in [0.1, 0.15) is 16.9 Å². The smallest absolute Gasteiger partial charge is 0.227 e. The predicted molar refractivity (Wildman–Crippen MR) is 367 cm³/mol. The van der Waals surface area contributed by atoms with Crippen molar-refractivity contribution >= 4 is 68.0 Å². The van der Waals surface area contributed by atoms with E-state index in [1.807, 2.05) is 73.2 Å². The van der Waals surface area contributed by atoms with Crippen LogP contribution in [0.3, 0.4) is 0 Å². The van der Waals surface area contributed by atoms with Crippen molar-refractivity contribution in [3.8, 4) is 33.8 Å². The van der Waals surface area contributed by atoms with E-state index in [2.05, 4.69) is 165 Å². The number of hydrogen-bond acceptors (Lipinski definition) is 16. The molecule has 91 heavy (non-hydrogen) atoms. The fourth-order valence-electron chi connectivity index (χ4n) is 11.9. The highest BCUT2D eigenvalue weighted by atomic mass is 16.5. The number of likely N-dealkylation sites (tertiary alicyclic amines) is 1. The largest absolute Gasteiger partial charge is 0.379 e. The number of aromatic nitrogens is 12. The normalized spacial score (nSPS) is 13.5. The third-order valence-electron chi connectivity index (χ3n) is 17.1. The second-order valence-electron chi connectivity index (χ2n) is 23.2. The third kappa shape index (κ3) is 15.6. The molecule has 2 fully saturated rings. The molecule has 0 radical (unpaired) electrons. The number of nitrogens with one attached hydrogen (secondary N) is 6. The maximum Gasteiger partial charge on any atom is 0.227 e. The van der Waals surface area contributed by atoms with Crippen molar-refractivity contribution in [1.82, 2.24) is 74.5 Å². The van der Waals surface area contributed by atoms with Crippen LogP contribution < -0.4 is 16.0 Å². The maximum absolute atomic E-state index is 5.43. The molecule has 11 heterocycles. The Morgan fingerprint density at radius 1 is 0.440 bits per heavy atom. The molecule has 0 aliphatic carbocycles. The van der Waals surface area contributed by atoms with Gasteiger partial charge in [-0.05, 0) is 185 Å². The highest BCUT2D eigenvalue weighted by molar-refractivity contribution is 5.94. The molecule has 2 aliphatic rings. The fourth-order valence-corrected chi connectivity index (χ4v) is 11.9. The van der Waals surface area contributed by atoms with Crippen LogP contribution in [-0.2, 0) is 24.0 Å². The molecule has 2 saturated heterocycles. The molecule has 0 amide bonds. The molecule has 0 unspecified atom stereocenters. The summed E-state index contributed by atoms with van der Waals surface area (Å²) in [4.78, 5) is 57.6. The van der Waals surface area contributed by atoms with Crippen LogP contribution in [0.2, 0.25) is 0 Å². The van der Waals surface area contributed by atoms with E-state index in [4.69, 9.17) is 19.7 Å². The number of likely N-dealkylation sites (N-methyl/N-ethyl adjacent to an activating group) is 1. The SMILES string of the molecule is CCN(CC)CCc1ccc(Nc2nccc(-c3c[nH]c4ncccc34)n2)c(C)c1.Cc1cc(CCN2CCCC2)ccc1Nc1nccc(-c2c[nH]c3ncccc23)n1.Cc1cc(CCN2CCOCC2)ccc1Nc1nccc(-c2c[nH]c3ncccc23)n1. The van der Waals surface area contributed by atoms with Gasteiger partial charge >= 0.3 is 0 Å². The van der Waals surface area contributed by atoms with Crippen LogP contribution in [-0.4, -0.2) is 147 Å². The van der Waals surface area contributed by atoms with Crippen molar-refractivity contribution in [2.75, 3.05) is 88.1 Å². The van der Waals surface area contributed by atoms with E-state index in [9.17, 15) is 0 Å². The number of aryl methyl sites for hydroxylation is 3. The zero-order chi connectivity index (χ0) is 62.3. The number of hydrogen-bond donors (Lipinski definition) is 6. The second kappa shape index (κ2) is 29.7. The first-order valence-corrected chi connectivity index (χ1v) is 31.8. The summed E-state index contributed by atoms with van der Waals surface area (Å²) in [6.07, 6.45) is 22.4. The number of benzene rings is 3. The quantitative estimate of drug-likeness (QED) is 0.0418. The highest BCUT2D eigenvalue weighted by Gasteiger charge is 2.16. The summed E-state index contributed by atoms with van der Waals surface area (Å²) in [5.74, 6) is 1.77. The summed E-state index contributed by atoms with van der Waals surface area (Å²) in [6.45, 7) is 22.5. The number of pyridine rings is 3. The summed E-state index contributed by atoms with van der Waals surface area (Å²) in [6, 6.07) is 37.5. The average molecular weight is 1210 g/mol. The molecule has 6 N–H and O–H groups in total. The number of anilines is 6. The van der Waals surface area contributed by atoms with Gasteiger partial charge in [-0.2, -0.15) is 0 Å². The number of morpholine rings is 1. The summed E-state index contributed by atoms with van der Waals surface area (Å²) in [7, 11) is 0. The van der Waals surface area contributed by atoms with E-state index in [0.717, 1.165) is 162 Å². The van der Waals surface area contributed by atoms with E-state index in [1.54, 1.807) is 37.2 Å². The maximum atomic E-state index is 5.43. The monoisotopic (exact) mass is 1210 g/mol. The van der Waals surface area contributed by atoms with Crippen molar-refractivity contribution in [1.29, 1.82) is 0 Å². The van der Waals surface area contributed by atoms with Gasteiger partial charge in [0.25, 0.3) is 0 Å². The van der Waals surface area contributed by atoms with Gasteiger partial charge in [0.2, 0.25) is 17.8 Å². The van der Waals surface area contributed by atoms with Crippen LogP contribution in [0, 0.1) is 20.8 Å². The number of rotatable bonds is 20. The highest BCUT2D eigenvalue weighted by Crippen LogP contribution is 2.31. The molecular formula is C72H80N18O. The molecule has 3 aromatic carbocycles. The fraction of sp³-hybridized carbons (Fsp3) is 0.292. The van der Waals surface area contributed by atoms with E-state index < -0.39 is 0 Å². The number of nitrogens with zero attached hydrogens (tertiary/aromatic N) is 12. The Bertz CT molecular complexity index is 4180. The number of ether oxygens (including phenoxy) is 1. The van der Waals surface area contributed by atoms with Crippen molar-refractivity contribution in [3.05, 3.63) is 198 Å². The first-order valence-electron chi connectivity index (χ1n) is 31.8. The molecule has 12 aromatic rings. The van der Waals surface area contributed by atoms with Gasteiger partial charge in [-0.15, -0.1) is 0 Å². The summed E-state index contributed by atoms with van der Waals surface area (Å²) in [5.41, 5.74) is 19.0. The minimum atomic E-state index is 0.583. The van der Waals surface area contributed by atoms with Gasteiger partial charge in [-0.25, -0.2) is 44.9 Å². The van der Waals surface area contributed by atoms with Crippen LogP contribution >= 0.6 is 0 Å². The molecule has 464 valence electrons.